The van der Waals surface area contributed by atoms with Crippen molar-refractivity contribution >= 4 is 115 Å². The van der Waals surface area contributed by atoms with Gasteiger partial charge >= 0.3 is 0 Å². The van der Waals surface area contributed by atoms with Crippen LogP contribution in [0.2, 0.25) is 0 Å². The van der Waals surface area contributed by atoms with Crippen molar-refractivity contribution in [2.75, 3.05) is 5.73 Å². The molecule has 2 N–H and O–H groups in total. The minimum absolute atomic E-state index is 0.750. The molecule has 102 valence electrons. The van der Waals surface area contributed by atoms with Crippen LogP contribution in [0.15, 0.2) is 48.2 Å². The second-order valence-corrected chi connectivity index (χ2v) is 9.40. The predicted octanol–water partition coefficient (Wildman–Crippen LogP) is 7.21. The summed E-state index contributed by atoms with van der Waals surface area (Å²) < 4.78 is 6.49. The van der Waals surface area contributed by atoms with Crippen molar-refractivity contribution in [2.24, 2.45) is 0 Å². The highest BCUT2D eigenvalue weighted by atomic mass is 127. The highest BCUT2D eigenvalue weighted by Gasteiger charge is 2.00. The van der Waals surface area contributed by atoms with Crippen LogP contribution < -0.4 is 5.73 Å². The van der Waals surface area contributed by atoms with E-state index < -0.39 is 0 Å². The number of nitrogen functional groups attached to an aromatic ring is 1. The zero-order chi connectivity index (χ0) is 14.6. The Morgan fingerprint density at radius 1 is 0.684 bits per heavy atom. The Kier molecular flexibility index (Phi) is 8.76. The summed E-state index contributed by atoms with van der Waals surface area (Å²) in [4.78, 5) is 0. The zero-order valence-corrected chi connectivity index (χ0v) is 19.9. The number of hydrogen-bond acceptors (Lipinski definition) is 1. The van der Waals surface area contributed by atoms with Crippen LogP contribution in [0.25, 0.3) is 0 Å². The molecule has 0 amide bonds. The van der Waals surface area contributed by atoms with Gasteiger partial charge in [0.05, 0.1) is 5.69 Å². The molecule has 1 nitrogen and oxygen atoms in total. The summed E-state index contributed by atoms with van der Waals surface area (Å²) in [7, 11) is 0. The van der Waals surface area contributed by atoms with Gasteiger partial charge in [-0.05, 0) is 107 Å². The van der Waals surface area contributed by atoms with Crippen molar-refractivity contribution < 1.29 is 0 Å². The molecule has 0 bridgehead atoms. The number of anilines is 1. The van der Waals surface area contributed by atoms with Crippen molar-refractivity contribution in [1.82, 2.24) is 0 Å². The number of nitrogens with two attached hydrogens (primary N) is 1. The van der Waals surface area contributed by atoms with Crippen molar-refractivity contribution in [2.45, 2.75) is 0 Å². The van der Waals surface area contributed by atoms with Crippen LogP contribution in [0.4, 0.5) is 5.69 Å². The SMILES string of the molecule is Brc1cc(Br)cc(I)c1.Nc1c(Br)cc(I)cc1Br. The molecule has 0 unspecified atom stereocenters. The molecule has 0 aliphatic carbocycles. The van der Waals surface area contributed by atoms with E-state index in [-0.39, 0.29) is 0 Å². The number of benzene rings is 2. The first-order valence-electron chi connectivity index (χ1n) is 4.81. The van der Waals surface area contributed by atoms with Gasteiger partial charge in [0.1, 0.15) is 0 Å². The molecule has 2 aromatic carbocycles. The highest BCUT2D eigenvalue weighted by molar-refractivity contribution is 14.1. The van der Waals surface area contributed by atoms with Crippen LogP contribution in [0.1, 0.15) is 0 Å². The van der Waals surface area contributed by atoms with E-state index in [1.807, 2.05) is 18.2 Å². The summed E-state index contributed by atoms with van der Waals surface area (Å²) in [6.07, 6.45) is 0. The summed E-state index contributed by atoms with van der Waals surface area (Å²) in [5.41, 5.74) is 6.40. The predicted molar refractivity (Wildman–Crippen MR) is 114 cm³/mol. The lowest BCUT2D eigenvalue weighted by molar-refractivity contribution is 1.54. The first kappa shape index (κ1) is 18.7. The lowest BCUT2D eigenvalue weighted by atomic mass is 10.3. The summed E-state index contributed by atoms with van der Waals surface area (Å²) in [5, 5.41) is 0. The fraction of sp³-hybridized carbons (Fsp3) is 0. The summed E-state index contributed by atoms with van der Waals surface area (Å²) in [6.45, 7) is 0. The van der Waals surface area contributed by atoms with Crippen LogP contribution in [0.5, 0.6) is 0 Å². The quantitative estimate of drug-likeness (QED) is 0.225. The summed E-state index contributed by atoms with van der Waals surface area (Å²) in [6, 6.07) is 10.1. The smallest absolute Gasteiger partial charge is 0.0603 e. The van der Waals surface area contributed by atoms with Gasteiger partial charge in [0, 0.05) is 25.0 Å². The molecule has 0 spiro atoms. The van der Waals surface area contributed by atoms with E-state index in [9.17, 15) is 0 Å². The highest BCUT2D eigenvalue weighted by Crippen LogP contribution is 2.29. The monoisotopic (exact) mass is 735 g/mol. The maximum atomic E-state index is 5.65. The molecular weight excluding hydrogens is 732 g/mol. The van der Waals surface area contributed by atoms with Gasteiger partial charge in [-0.1, -0.05) is 31.9 Å². The molecular formula is C12H7Br4I2N. The van der Waals surface area contributed by atoms with Gasteiger partial charge in [0.15, 0.2) is 0 Å². The van der Waals surface area contributed by atoms with Gasteiger partial charge in [-0.2, -0.15) is 0 Å². The van der Waals surface area contributed by atoms with E-state index in [0.29, 0.717) is 0 Å². The second kappa shape index (κ2) is 8.92. The maximum Gasteiger partial charge on any atom is 0.0603 e. The van der Waals surface area contributed by atoms with Crippen LogP contribution in [0, 0.1) is 7.14 Å². The van der Waals surface area contributed by atoms with E-state index in [4.69, 9.17) is 5.73 Å². The molecule has 0 heterocycles. The third-order valence-electron chi connectivity index (χ3n) is 1.87. The lowest BCUT2D eigenvalue weighted by Gasteiger charge is -2.00. The van der Waals surface area contributed by atoms with Gasteiger partial charge in [0.2, 0.25) is 0 Å². The molecule has 0 saturated heterocycles. The normalized spacial score (nSPS) is 9.79. The molecule has 19 heavy (non-hydrogen) atoms. The minimum Gasteiger partial charge on any atom is -0.397 e. The molecule has 0 aliphatic heterocycles. The van der Waals surface area contributed by atoms with Crippen molar-refractivity contribution in [3.63, 3.8) is 0 Å². The van der Waals surface area contributed by atoms with Crippen molar-refractivity contribution in [3.8, 4) is 0 Å². The fourth-order valence-corrected chi connectivity index (χ4v) is 6.56. The van der Waals surface area contributed by atoms with Crippen LogP contribution in [0.3, 0.4) is 0 Å². The average Bonchev–Trinajstić information content (AvgIpc) is 2.24. The summed E-state index contributed by atoms with van der Waals surface area (Å²) in [5.74, 6) is 0. The summed E-state index contributed by atoms with van der Waals surface area (Å²) >= 11 is 17.9. The average molecular weight is 739 g/mol. The van der Waals surface area contributed by atoms with E-state index in [1.54, 1.807) is 0 Å². The third kappa shape index (κ3) is 6.94. The Hall–Kier alpha value is 1.62. The molecule has 2 rings (SSSR count). The first-order valence-corrected chi connectivity index (χ1v) is 10.1. The van der Waals surface area contributed by atoms with E-state index >= 15 is 0 Å². The number of rotatable bonds is 0. The fourth-order valence-electron chi connectivity index (χ4n) is 1.07. The zero-order valence-electron chi connectivity index (χ0n) is 9.23. The Morgan fingerprint density at radius 2 is 1.05 bits per heavy atom. The Bertz CT molecular complexity index is 516. The first-order chi connectivity index (χ1) is 8.79. The topological polar surface area (TPSA) is 26.0 Å². The molecule has 0 aromatic heterocycles. The Balaban J connectivity index is 0.000000191. The maximum absolute atomic E-state index is 5.65. The lowest BCUT2D eigenvalue weighted by Crippen LogP contribution is -1.88. The molecule has 0 radical (unpaired) electrons. The molecule has 0 aliphatic rings. The van der Waals surface area contributed by atoms with Crippen LogP contribution >= 0.6 is 109 Å². The van der Waals surface area contributed by atoms with Gasteiger partial charge in [0.25, 0.3) is 0 Å². The number of halogens is 6. The minimum atomic E-state index is 0.750. The van der Waals surface area contributed by atoms with E-state index in [1.165, 1.54) is 3.57 Å². The van der Waals surface area contributed by atoms with E-state index in [2.05, 4.69) is 121 Å². The Labute approximate surface area is 173 Å². The van der Waals surface area contributed by atoms with E-state index in [0.717, 1.165) is 27.1 Å². The second-order valence-electron chi connectivity index (χ2n) is 3.37. The van der Waals surface area contributed by atoms with Gasteiger partial charge in [-0.15, -0.1) is 0 Å². The molecule has 0 fully saturated rings. The van der Waals surface area contributed by atoms with Crippen molar-refractivity contribution in [3.05, 3.63) is 55.4 Å². The van der Waals surface area contributed by atoms with Gasteiger partial charge < -0.3 is 5.73 Å². The number of hydrogen-bond donors (Lipinski definition) is 1. The standard InChI is InChI=1S/C6H4Br2IN.C6H3Br2I/c7-4-1-3(9)2-5(8)6(4)10;7-4-1-5(8)3-6(9)2-4/h1-2H,10H2;1-3H. The molecule has 0 atom stereocenters. The van der Waals surface area contributed by atoms with Gasteiger partial charge in [-0.25, -0.2) is 0 Å². The Morgan fingerprint density at radius 3 is 1.42 bits per heavy atom. The third-order valence-corrected chi connectivity index (χ3v) is 5.34. The van der Waals surface area contributed by atoms with Crippen LogP contribution in [-0.2, 0) is 0 Å². The van der Waals surface area contributed by atoms with Crippen LogP contribution in [-0.4, -0.2) is 0 Å². The molecule has 2 aromatic rings. The van der Waals surface area contributed by atoms with Gasteiger partial charge in [-0.3, -0.25) is 0 Å². The molecule has 0 saturated carbocycles. The molecule has 7 heteroatoms. The largest absolute Gasteiger partial charge is 0.397 e. The van der Waals surface area contributed by atoms with Crippen molar-refractivity contribution in [1.29, 1.82) is 0 Å².